The summed E-state index contributed by atoms with van der Waals surface area (Å²) in [4.78, 5) is 10.6. The molecule has 0 N–H and O–H groups in total. The predicted molar refractivity (Wildman–Crippen MR) is 66.5 cm³/mol. The van der Waals surface area contributed by atoms with Gasteiger partial charge in [0.15, 0.2) is 6.29 Å². The minimum absolute atomic E-state index is 0.443. The van der Waals surface area contributed by atoms with Crippen LogP contribution in [0.5, 0.6) is 0 Å². The second-order valence-electron chi connectivity index (χ2n) is 3.83. The second-order valence-corrected chi connectivity index (χ2v) is 3.83. The molecular formula is C14H10N2O. The largest absolute Gasteiger partial charge is 0.296 e. The maximum atomic E-state index is 10.6. The number of carbonyl (C=O) groups excluding carboxylic acids is 1. The minimum Gasteiger partial charge on any atom is -0.296 e. The molecule has 0 bridgehead atoms. The Balaban J connectivity index is 2.14. The Labute approximate surface area is 98.3 Å². The molecule has 0 aliphatic heterocycles. The van der Waals surface area contributed by atoms with E-state index >= 15 is 0 Å². The maximum Gasteiger partial charge on any atom is 0.170 e. The van der Waals surface area contributed by atoms with Gasteiger partial charge in [0.05, 0.1) is 5.69 Å². The summed E-state index contributed by atoms with van der Waals surface area (Å²) in [6.07, 6.45) is 2.53. The Bertz CT molecular complexity index is 685. The highest BCUT2D eigenvalue weighted by atomic mass is 16.1. The van der Waals surface area contributed by atoms with Gasteiger partial charge in [0.1, 0.15) is 5.69 Å². The van der Waals surface area contributed by atoms with Crippen LogP contribution < -0.4 is 0 Å². The van der Waals surface area contributed by atoms with Gasteiger partial charge in [0.25, 0.3) is 0 Å². The van der Waals surface area contributed by atoms with Crippen LogP contribution in [0, 0.1) is 0 Å². The number of aldehydes is 1. The standard InChI is InChI=1S/C14H10N2O/c17-10-13-7-8-16(15-13)14-6-5-11-3-1-2-4-12(11)9-14/h1-10H. The molecule has 3 rings (SSSR count). The first-order chi connectivity index (χ1) is 8.36. The van der Waals surface area contributed by atoms with Crippen molar-refractivity contribution >= 4 is 17.1 Å². The molecule has 0 spiro atoms. The lowest BCUT2D eigenvalue weighted by Crippen LogP contribution is -1.95. The Kier molecular flexibility index (Phi) is 2.22. The highest BCUT2D eigenvalue weighted by Crippen LogP contribution is 2.17. The Morgan fingerprint density at radius 2 is 1.82 bits per heavy atom. The van der Waals surface area contributed by atoms with E-state index in [0.717, 1.165) is 17.4 Å². The predicted octanol–water partition coefficient (Wildman–Crippen LogP) is 2.84. The summed E-state index contributed by atoms with van der Waals surface area (Å²) in [7, 11) is 0. The average Bonchev–Trinajstić information content (AvgIpc) is 2.87. The molecule has 2 aromatic carbocycles. The highest BCUT2D eigenvalue weighted by molar-refractivity contribution is 5.84. The van der Waals surface area contributed by atoms with E-state index in [2.05, 4.69) is 23.3 Å². The molecule has 0 unspecified atom stereocenters. The number of benzene rings is 2. The molecule has 0 amide bonds. The monoisotopic (exact) mass is 222 g/mol. The Morgan fingerprint density at radius 3 is 2.59 bits per heavy atom. The molecule has 0 saturated heterocycles. The van der Waals surface area contributed by atoms with Crippen molar-refractivity contribution in [3.63, 3.8) is 0 Å². The van der Waals surface area contributed by atoms with Crippen LogP contribution in [-0.2, 0) is 0 Å². The first-order valence-corrected chi connectivity index (χ1v) is 5.37. The average molecular weight is 222 g/mol. The molecule has 3 aromatic rings. The number of rotatable bonds is 2. The van der Waals surface area contributed by atoms with Crippen molar-refractivity contribution < 1.29 is 4.79 Å². The third-order valence-electron chi connectivity index (χ3n) is 2.73. The van der Waals surface area contributed by atoms with Crippen molar-refractivity contribution in [2.45, 2.75) is 0 Å². The summed E-state index contributed by atoms with van der Waals surface area (Å²) in [5, 5.41) is 6.51. The van der Waals surface area contributed by atoms with Crippen molar-refractivity contribution in [2.24, 2.45) is 0 Å². The van der Waals surface area contributed by atoms with Crippen LogP contribution >= 0.6 is 0 Å². The van der Waals surface area contributed by atoms with Crippen LogP contribution in [-0.4, -0.2) is 16.1 Å². The van der Waals surface area contributed by atoms with Crippen LogP contribution in [0.2, 0.25) is 0 Å². The van der Waals surface area contributed by atoms with Crippen molar-refractivity contribution in [3.05, 3.63) is 60.4 Å². The quantitative estimate of drug-likeness (QED) is 0.625. The van der Waals surface area contributed by atoms with E-state index in [4.69, 9.17) is 0 Å². The number of fused-ring (bicyclic) bond motifs is 1. The van der Waals surface area contributed by atoms with Crippen LogP contribution in [0.15, 0.2) is 54.7 Å². The summed E-state index contributed by atoms with van der Waals surface area (Å²) < 4.78 is 1.70. The van der Waals surface area contributed by atoms with Crippen molar-refractivity contribution in [2.75, 3.05) is 0 Å². The molecule has 0 aliphatic carbocycles. The molecular weight excluding hydrogens is 212 g/mol. The first kappa shape index (κ1) is 9.78. The molecule has 17 heavy (non-hydrogen) atoms. The van der Waals surface area contributed by atoms with Gasteiger partial charge in [0, 0.05) is 6.20 Å². The Morgan fingerprint density at radius 1 is 1.00 bits per heavy atom. The number of hydrogen-bond donors (Lipinski definition) is 0. The van der Waals surface area contributed by atoms with Gasteiger partial charge < -0.3 is 0 Å². The van der Waals surface area contributed by atoms with Crippen LogP contribution in [0.3, 0.4) is 0 Å². The molecule has 0 aliphatic rings. The zero-order valence-electron chi connectivity index (χ0n) is 9.08. The van der Waals surface area contributed by atoms with E-state index < -0.39 is 0 Å². The molecule has 1 aromatic heterocycles. The van der Waals surface area contributed by atoms with Gasteiger partial charge in [-0.25, -0.2) is 4.68 Å². The van der Waals surface area contributed by atoms with Gasteiger partial charge in [-0.15, -0.1) is 0 Å². The summed E-state index contributed by atoms with van der Waals surface area (Å²) in [5.41, 5.74) is 1.40. The number of aromatic nitrogens is 2. The van der Waals surface area contributed by atoms with E-state index in [9.17, 15) is 4.79 Å². The fourth-order valence-electron chi connectivity index (χ4n) is 1.86. The SMILES string of the molecule is O=Cc1ccn(-c2ccc3ccccc3c2)n1. The van der Waals surface area contributed by atoms with Gasteiger partial charge >= 0.3 is 0 Å². The lowest BCUT2D eigenvalue weighted by molar-refractivity contribution is 0.111. The molecule has 0 fully saturated rings. The number of hydrogen-bond acceptors (Lipinski definition) is 2. The van der Waals surface area contributed by atoms with Gasteiger partial charge in [-0.3, -0.25) is 4.79 Å². The van der Waals surface area contributed by atoms with Crippen LogP contribution in [0.25, 0.3) is 16.5 Å². The van der Waals surface area contributed by atoms with E-state index in [1.807, 2.05) is 24.3 Å². The molecule has 0 saturated carbocycles. The number of carbonyl (C=O) groups is 1. The molecule has 0 atom stereocenters. The van der Waals surface area contributed by atoms with Crippen molar-refractivity contribution in [3.8, 4) is 5.69 Å². The molecule has 82 valence electrons. The first-order valence-electron chi connectivity index (χ1n) is 5.37. The summed E-state index contributed by atoms with van der Waals surface area (Å²) >= 11 is 0. The van der Waals surface area contributed by atoms with E-state index in [1.165, 1.54) is 5.39 Å². The topological polar surface area (TPSA) is 34.9 Å². The Hall–Kier alpha value is -2.42. The fraction of sp³-hybridized carbons (Fsp3) is 0. The van der Waals surface area contributed by atoms with Gasteiger partial charge in [0.2, 0.25) is 0 Å². The summed E-state index contributed by atoms with van der Waals surface area (Å²) in [6.45, 7) is 0. The molecule has 3 nitrogen and oxygen atoms in total. The molecule has 1 heterocycles. The fourth-order valence-corrected chi connectivity index (χ4v) is 1.86. The van der Waals surface area contributed by atoms with Gasteiger partial charge in [-0.05, 0) is 29.0 Å². The van der Waals surface area contributed by atoms with Gasteiger partial charge in [-0.1, -0.05) is 30.3 Å². The van der Waals surface area contributed by atoms with E-state index in [0.29, 0.717) is 5.69 Å². The van der Waals surface area contributed by atoms with Crippen LogP contribution in [0.1, 0.15) is 10.5 Å². The second kappa shape index (κ2) is 3.87. The number of nitrogens with zero attached hydrogens (tertiary/aromatic N) is 2. The van der Waals surface area contributed by atoms with E-state index in [1.54, 1.807) is 16.9 Å². The zero-order valence-corrected chi connectivity index (χ0v) is 9.08. The third kappa shape index (κ3) is 1.72. The highest BCUT2D eigenvalue weighted by Gasteiger charge is 2.01. The minimum atomic E-state index is 0.443. The van der Waals surface area contributed by atoms with Crippen LogP contribution in [0.4, 0.5) is 0 Å². The zero-order chi connectivity index (χ0) is 11.7. The molecule has 0 radical (unpaired) electrons. The van der Waals surface area contributed by atoms with Crippen molar-refractivity contribution in [1.29, 1.82) is 0 Å². The maximum absolute atomic E-state index is 10.6. The summed E-state index contributed by atoms with van der Waals surface area (Å²) in [5.74, 6) is 0. The normalized spacial score (nSPS) is 10.6. The van der Waals surface area contributed by atoms with E-state index in [-0.39, 0.29) is 0 Å². The lowest BCUT2D eigenvalue weighted by atomic mass is 10.1. The lowest BCUT2D eigenvalue weighted by Gasteiger charge is -2.03. The van der Waals surface area contributed by atoms with Crippen molar-refractivity contribution in [1.82, 2.24) is 9.78 Å². The third-order valence-corrected chi connectivity index (χ3v) is 2.73. The summed E-state index contributed by atoms with van der Waals surface area (Å²) in [6, 6.07) is 15.9. The molecule has 3 heteroatoms. The van der Waals surface area contributed by atoms with Gasteiger partial charge in [-0.2, -0.15) is 5.10 Å². The smallest absolute Gasteiger partial charge is 0.170 e.